The molecular formula is C14H18F3NO6S3. The van der Waals surface area contributed by atoms with Crippen LogP contribution in [0.2, 0.25) is 0 Å². The zero-order valence-corrected chi connectivity index (χ0v) is 16.5. The van der Waals surface area contributed by atoms with Gasteiger partial charge >= 0.3 is 5.51 Å². The fourth-order valence-corrected chi connectivity index (χ4v) is 6.33. The first-order valence-electron chi connectivity index (χ1n) is 7.85. The van der Waals surface area contributed by atoms with Crippen molar-refractivity contribution in [2.75, 3.05) is 24.7 Å². The maximum atomic E-state index is 12.1. The minimum Gasteiger partial charge on any atom is -0.491 e. The number of ether oxygens (including phenoxy) is 1. The van der Waals surface area contributed by atoms with Gasteiger partial charge in [-0.15, -0.1) is 0 Å². The summed E-state index contributed by atoms with van der Waals surface area (Å²) in [4.78, 5) is 1.22. The fourth-order valence-electron chi connectivity index (χ4n) is 2.28. The standard InChI is InChI=1S/C14H18F3NO6S3/c15-14(16,17)26(19,20)18-27(21,22)24-9-8-23-12-4-6-13(7-5-12)25-10-2-1-3-11-25/h4-7H,1-3,8-11H2. The van der Waals surface area contributed by atoms with E-state index < -0.39 is 32.4 Å². The van der Waals surface area contributed by atoms with Crippen LogP contribution >= 0.6 is 0 Å². The molecule has 27 heavy (non-hydrogen) atoms. The van der Waals surface area contributed by atoms with Crippen LogP contribution in [-0.4, -0.2) is 47.1 Å². The van der Waals surface area contributed by atoms with Crippen LogP contribution in [0, 0.1) is 0 Å². The van der Waals surface area contributed by atoms with Gasteiger partial charge in [-0.1, -0.05) is 0 Å². The second kappa shape index (κ2) is 8.99. The molecule has 0 aromatic heterocycles. The van der Waals surface area contributed by atoms with Crippen molar-refractivity contribution in [3.8, 4) is 5.75 Å². The van der Waals surface area contributed by atoms with Gasteiger partial charge < -0.3 is 8.86 Å². The molecule has 1 aromatic rings. The predicted octanol–water partition coefficient (Wildman–Crippen LogP) is 2.71. The highest BCUT2D eigenvalue weighted by atomic mass is 32.3. The van der Waals surface area contributed by atoms with Crippen molar-refractivity contribution in [3.63, 3.8) is 0 Å². The second-order valence-corrected chi connectivity index (χ2v) is 10.9. The monoisotopic (exact) mass is 449 g/mol. The Labute approximate surface area is 158 Å². The summed E-state index contributed by atoms with van der Waals surface area (Å²) in [5.74, 6) is 2.76. The van der Waals surface area contributed by atoms with E-state index in [0.29, 0.717) is 5.75 Å². The van der Waals surface area contributed by atoms with Crippen LogP contribution in [0.5, 0.6) is 5.75 Å². The average molecular weight is 449 g/mol. The number of hydrogen-bond acceptors (Lipinski definition) is 6. The highest BCUT2D eigenvalue weighted by Gasteiger charge is 2.40. The largest absolute Gasteiger partial charge is 0.491 e. The molecule has 1 aliphatic rings. The van der Waals surface area contributed by atoms with Gasteiger partial charge in [0.2, 0.25) is 10.3 Å². The zero-order valence-electron chi connectivity index (χ0n) is 14.0. The van der Waals surface area contributed by atoms with Gasteiger partial charge in [-0.25, -0.2) is 16.8 Å². The molecule has 13 heteroatoms. The summed E-state index contributed by atoms with van der Waals surface area (Å²) in [6.45, 7) is -1.00. The highest BCUT2D eigenvalue weighted by molar-refractivity contribution is 8.10. The molecule has 0 N–H and O–H groups in total. The van der Waals surface area contributed by atoms with Crippen LogP contribution in [0.15, 0.2) is 29.2 Å². The van der Waals surface area contributed by atoms with Crippen LogP contribution < -0.4 is 4.74 Å². The van der Waals surface area contributed by atoms with E-state index in [1.165, 1.54) is 24.2 Å². The van der Waals surface area contributed by atoms with Gasteiger partial charge in [-0.2, -0.15) is 13.2 Å². The molecule has 1 aliphatic heterocycles. The van der Waals surface area contributed by atoms with Crippen LogP contribution in [0.4, 0.5) is 13.2 Å². The quantitative estimate of drug-likeness (QED) is 0.447. The normalized spacial score (nSPS) is 17.0. The van der Waals surface area contributed by atoms with Crippen molar-refractivity contribution in [2.24, 2.45) is 0 Å². The Morgan fingerprint density at radius 1 is 0.963 bits per heavy atom. The van der Waals surface area contributed by atoms with Crippen molar-refractivity contribution in [3.05, 3.63) is 28.4 Å². The second-order valence-electron chi connectivity index (χ2n) is 5.53. The van der Waals surface area contributed by atoms with E-state index in [9.17, 15) is 30.0 Å². The Morgan fingerprint density at radius 3 is 2.11 bits per heavy atom. The molecule has 1 saturated heterocycles. The van der Waals surface area contributed by atoms with Gasteiger partial charge in [-0.05, 0) is 43.5 Å². The Morgan fingerprint density at radius 2 is 1.56 bits per heavy atom. The van der Waals surface area contributed by atoms with Crippen LogP contribution in [0.1, 0.15) is 19.3 Å². The summed E-state index contributed by atoms with van der Waals surface area (Å²) in [5.41, 5.74) is -5.82. The minimum atomic E-state index is -6.19. The number of nitrogens with zero attached hydrogens (tertiary/aromatic N) is 1. The summed E-state index contributed by atoms with van der Waals surface area (Å²) in [7, 11) is -11.2. The van der Waals surface area contributed by atoms with Crippen molar-refractivity contribution in [2.45, 2.75) is 29.7 Å². The molecule has 0 spiro atoms. The average Bonchev–Trinajstić information content (AvgIpc) is 2.58. The Bertz CT molecular complexity index is 819. The SMILES string of the molecule is O=S(=O)([N-]S(=O)(=O)C(F)(F)F)OCCOc1ccc([S+]2CCCCC2)cc1. The number of rotatable bonds is 8. The van der Waals surface area contributed by atoms with E-state index in [1.807, 2.05) is 12.1 Å². The topological polar surface area (TPSA) is 101 Å². The molecule has 0 aliphatic carbocycles. The molecule has 2 rings (SSSR count). The molecule has 0 radical (unpaired) electrons. The molecule has 154 valence electrons. The van der Waals surface area contributed by atoms with E-state index in [1.54, 1.807) is 16.3 Å². The first kappa shape index (κ1) is 22.3. The highest BCUT2D eigenvalue weighted by Crippen LogP contribution is 2.30. The first-order chi connectivity index (χ1) is 12.5. The number of alkyl halides is 3. The molecule has 0 atom stereocenters. The third-order valence-corrected chi connectivity index (χ3v) is 8.57. The molecule has 7 nitrogen and oxygen atoms in total. The van der Waals surface area contributed by atoms with Crippen LogP contribution in [0.25, 0.3) is 4.13 Å². The maximum Gasteiger partial charge on any atom is 0.480 e. The van der Waals surface area contributed by atoms with Gasteiger partial charge in [0.25, 0.3) is 0 Å². The lowest BCUT2D eigenvalue weighted by molar-refractivity contribution is -0.0425. The predicted molar refractivity (Wildman–Crippen MR) is 94.4 cm³/mol. The Balaban J connectivity index is 1.79. The van der Waals surface area contributed by atoms with E-state index in [0.717, 1.165) is 11.5 Å². The van der Waals surface area contributed by atoms with Crippen LogP contribution in [-0.2, 0) is 35.4 Å². The van der Waals surface area contributed by atoms with E-state index >= 15 is 0 Å². The minimum absolute atomic E-state index is 0.227. The lowest BCUT2D eigenvalue weighted by atomic mass is 10.3. The number of halogens is 3. The summed E-state index contributed by atoms with van der Waals surface area (Å²) in [6.07, 6.45) is 3.68. The summed E-state index contributed by atoms with van der Waals surface area (Å²) in [6, 6.07) is 7.27. The molecule has 0 bridgehead atoms. The van der Waals surface area contributed by atoms with Gasteiger partial charge in [0, 0.05) is 10.9 Å². The summed E-state index contributed by atoms with van der Waals surface area (Å²) >= 11 is 0. The Hall–Kier alpha value is -1.02. The fraction of sp³-hybridized carbons (Fsp3) is 0.571. The van der Waals surface area contributed by atoms with Gasteiger partial charge in [-0.3, -0.25) is 4.18 Å². The maximum absolute atomic E-state index is 12.1. The summed E-state index contributed by atoms with van der Waals surface area (Å²) in [5, 5.41) is 0. The van der Waals surface area contributed by atoms with Crippen molar-refractivity contribution in [1.29, 1.82) is 0 Å². The van der Waals surface area contributed by atoms with Crippen LogP contribution in [0.3, 0.4) is 0 Å². The van der Waals surface area contributed by atoms with E-state index in [-0.39, 0.29) is 17.5 Å². The van der Waals surface area contributed by atoms with Crippen molar-refractivity contribution < 1.29 is 38.9 Å². The first-order valence-corrected chi connectivity index (χ1v) is 12.2. The third-order valence-electron chi connectivity index (χ3n) is 3.50. The molecule has 1 aromatic carbocycles. The molecule has 0 saturated carbocycles. The molecule has 0 amide bonds. The smallest absolute Gasteiger partial charge is 0.480 e. The van der Waals surface area contributed by atoms with E-state index in [4.69, 9.17) is 4.74 Å². The molecular weight excluding hydrogens is 431 g/mol. The molecule has 1 heterocycles. The lowest BCUT2D eigenvalue weighted by Gasteiger charge is -2.21. The zero-order chi connectivity index (χ0) is 20.1. The Kier molecular flexibility index (Phi) is 7.41. The van der Waals surface area contributed by atoms with Crippen molar-refractivity contribution >= 4 is 31.2 Å². The van der Waals surface area contributed by atoms with Gasteiger partial charge in [0.15, 0.2) is 14.9 Å². The van der Waals surface area contributed by atoms with E-state index in [2.05, 4.69) is 4.18 Å². The number of benzene rings is 1. The number of sulfonamides is 1. The lowest BCUT2D eigenvalue weighted by Crippen LogP contribution is -2.25. The van der Waals surface area contributed by atoms with Gasteiger partial charge in [0.1, 0.15) is 23.9 Å². The van der Waals surface area contributed by atoms with Crippen molar-refractivity contribution in [1.82, 2.24) is 0 Å². The molecule has 1 fully saturated rings. The number of hydrogen-bond donors (Lipinski definition) is 0. The van der Waals surface area contributed by atoms with Gasteiger partial charge in [0.05, 0.1) is 6.61 Å². The summed E-state index contributed by atoms with van der Waals surface area (Å²) < 4.78 is 91.3. The third kappa shape index (κ3) is 6.82. The molecule has 0 unspecified atom stereocenters.